The number of guanidine groups is 1. The second kappa shape index (κ2) is 11.5. The number of nitrogens with zero attached hydrogens (tertiary/aromatic N) is 5. The third-order valence-corrected chi connectivity index (χ3v) is 4.28. The molecule has 0 aromatic carbocycles. The van der Waals surface area contributed by atoms with Crippen molar-refractivity contribution in [3.63, 3.8) is 0 Å². The van der Waals surface area contributed by atoms with Crippen molar-refractivity contribution in [2.75, 3.05) is 46.4 Å². The van der Waals surface area contributed by atoms with Crippen molar-refractivity contribution in [3.8, 4) is 0 Å². The molecule has 146 valence electrons. The van der Waals surface area contributed by atoms with Crippen LogP contribution >= 0.6 is 0 Å². The molecule has 26 heavy (non-hydrogen) atoms. The van der Waals surface area contributed by atoms with Gasteiger partial charge in [-0.2, -0.15) is 0 Å². The second-order valence-corrected chi connectivity index (χ2v) is 6.21. The minimum absolute atomic E-state index is 0.270. The Labute approximate surface area is 155 Å². The third kappa shape index (κ3) is 6.62. The first-order valence-corrected chi connectivity index (χ1v) is 9.40. The maximum absolute atomic E-state index is 11.6. The van der Waals surface area contributed by atoms with Crippen LogP contribution in [0.4, 0.5) is 0 Å². The van der Waals surface area contributed by atoms with Crippen LogP contribution in [-0.4, -0.2) is 78.0 Å². The minimum Gasteiger partial charge on any atom is -0.383 e. The number of aliphatic imine (C=N–C) groups is 1. The summed E-state index contributed by atoms with van der Waals surface area (Å²) in [5.74, 6) is 2.01. The van der Waals surface area contributed by atoms with Crippen molar-refractivity contribution in [1.82, 2.24) is 30.3 Å². The van der Waals surface area contributed by atoms with Gasteiger partial charge in [-0.25, -0.2) is 0 Å². The molecule has 0 spiro atoms. The number of likely N-dealkylation sites (tertiary alicyclic amines) is 1. The highest BCUT2D eigenvalue weighted by atomic mass is 16.5. The van der Waals surface area contributed by atoms with E-state index >= 15 is 0 Å². The SMILES string of the molecule is CCc1nncn1CCNC(=NCCCN1CCCC1=O)NCCOC. The quantitative estimate of drug-likeness (QED) is 0.326. The molecule has 1 saturated heterocycles. The van der Waals surface area contributed by atoms with Gasteiger partial charge in [0.15, 0.2) is 5.96 Å². The summed E-state index contributed by atoms with van der Waals surface area (Å²) < 4.78 is 7.12. The summed E-state index contributed by atoms with van der Waals surface area (Å²) in [6.07, 6.45) is 5.16. The Morgan fingerprint density at radius 2 is 2.19 bits per heavy atom. The molecule has 0 bridgehead atoms. The normalized spacial score (nSPS) is 14.9. The highest BCUT2D eigenvalue weighted by Crippen LogP contribution is 2.09. The van der Waals surface area contributed by atoms with Crippen LogP contribution in [0.2, 0.25) is 0 Å². The van der Waals surface area contributed by atoms with E-state index in [1.54, 1.807) is 13.4 Å². The molecular formula is C17H31N7O2. The standard InChI is InChI=1S/C17H31N7O2/c1-3-15-22-21-14-24(15)12-8-19-17(20-9-13-26-2)18-7-5-11-23-10-4-6-16(23)25/h14H,3-13H2,1-2H3,(H2,18,19,20). The van der Waals surface area contributed by atoms with E-state index in [0.717, 1.165) is 57.2 Å². The van der Waals surface area contributed by atoms with Crippen LogP contribution in [0.1, 0.15) is 32.0 Å². The van der Waals surface area contributed by atoms with Gasteiger partial charge >= 0.3 is 0 Å². The molecular weight excluding hydrogens is 334 g/mol. The minimum atomic E-state index is 0.270. The van der Waals surface area contributed by atoms with E-state index < -0.39 is 0 Å². The lowest BCUT2D eigenvalue weighted by molar-refractivity contribution is -0.127. The van der Waals surface area contributed by atoms with Crippen LogP contribution in [0.15, 0.2) is 11.3 Å². The lowest BCUT2D eigenvalue weighted by Gasteiger charge is -2.15. The van der Waals surface area contributed by atoms with Crippen LogP contribution in [-0.2, 0) is 22.5 Å². The van der Waals surface area contributed by atoms with E-state index in [1.807, 2.05) is 9.47 Å². The molecule has 0 unspecified atom stereocenters. The van der Waals surface area contributed by atoms with Gasteiger partial charge in [0.1, 0.15) is 12.2 Å². The van der Waals surface area contributed by atoms with E-state index in [4.69, 9.17) is 4.74 Å². The van der Waals surface area contributed by atoms with Crippen molar-refractivity contribution in [1.29, 1.82) is 0 Å². The number of ether oxygens (including phenoxy) is 1. The van der Waals surface area contributed by atoms with Crippen molar-refractivity contribution in [2.45, 2.75) is 39.2 Å². The fourth-order valence-corrected chi connectivity index (χ4v) is 2.87. The van der Waals surface area contributed by atoms with Crippen LogP contribution in [0, 0.1) is 0 Å². The van der Waals surface area contributed by atoms with E-state index in [-0.39, 0.29) is 5.91 Å². The first-order valence-electron chi connectivity index (χ1n) is 9.40. The number of hydrogen-bond acceptors (Lipinski definition) is 5. The van der Waals surface area contributed by atoms with Gasteiger partial charge in [-0.1, -0.05) is 6.92 Å². The molecule has 1 aliphatic heterocycles. The monoisotopic (exact) mass is 365 g/mol. The molecule has 0 atom stereocenters. The van der Waals surface area contributed by atoms with E-state index in [0.29, 0.717) is 26.1 Å². The first kappa shape index (κ1) is 20.2. The number of methoxy groups -OCH3 is 1. The fraction of sp³-hybridized carbons (Fsp3) is 0.765. The number of nitrogens with one attached hydrogen (secondary N) is 2. The van der Waals surface area contributed by atoms with Crippen molar-refractivity contribution in [2.24, 2.45) is 4.99 Å². The molecule has 0 saturated carbocycles. The van der Waals surface area contributed by atoms with Crippen LogP contribution in [0.25, 0.3) is 0 Å². The Kier molecular flexibility index (Phi) is 8.88. The number of aryl methyl sites for hydroxylation is 1. The van der Waals surface area contributed by atoms with Gasteiger partial charge in [0.25, 0.3) is 0 Å². The topological polar surface area (TPSA) is 96.7 Å². The largest absolute Gasteiger partial charge is 0.383 e. The zero-order valence-corrected chi connectivity index (χ0v) is 15.9. The van der Waals surface area contributed by atoms with E-state index in [1.165, 1.54) is 0 Å². The maximum Gasteiger partial charge on any atom is 0.222 e. The molecule has 1 aromatic heterocycles. The molecule has 1 aromatic rings. The summed E-state index contributed by atoms with van der Waals surface area (Å²) in [5, 5.41) is 14.6. The Morgan fingerprint density at radius 3 is 2.92 bits per heavy atom. The van der Waals surface area contributed by atoms with Crippen LogP contribution in [0.3, 0.4) is 0 Å². The summed E-state index contributed by atoms with van der Waals surface area (Å²) in [5.41, 5.74) is 0. The van der Waals surface area contributed by atoms with Gasteiger partial charge in [-0.05, 0) is 12.8 Å². The summed E-state index contributed by atoms with van der Waals surface area (Å²) in [6.45, 7) is 7.25. The lowest BCUT2D eigenvalue weighted by atomic mass is 10.4. The predicted octanol–water partition coefficient (Wildman–Crippen LogP) is 0.0346. The molecule has 1 amide bonds. The highest BCUT2D eigenvalue weighted by molar-refractivity contribution is 5.79. The molecule has 2 heterocycles. The Hall–Kier alpha value is -2.16. The molecule has 1 fully saturated rings. The molecule has 0 aliphatic carbocycles. The number of hydrogen-bond donors (Lipinski definition) is 2. The molecule has 2 rings (SSSR count). The van der Waals surface area contributed by atoms with Gasteiger partial charge in [0.2, 0.25) is 5.91 Å². The average molecular weight is 365 g/mol. The number of rotatable bonds is 11. The molecule has 9 heteroatoms. The summed E-state index contributed by atoms with van der Waals surface area (Å²) in [4.78, 5) is 18.2. The highest BCUT2D eigenvalue weighted by Gasteiger charge is 2.18. The summed E-state index contributed by atoms with van der Waals surface area (Å²) in [7, 11) is 1.68. The Morgan fingerprint density at radius 1 is 1.35 bits per heavy atom. The lowest BCUT2D eigenvalue weighted by Crippen LogP contribution is -2.40. The third-order valence-electron chi connectivity index (χ3n) is 4.28. The first-order chi connectivity index (χ1) is 12.7. The van der Waals surface area contributed by atoms with E-state index in [9.17, 15) is 4.79 Å². The zero-order chi connectivity index (χ0) is 18.6. The second-order valence-electron chi connectivity index (χ2n) is 6.21. The van der Waals surface area contributed by atoms with Crippen molar-refractivity contribution in [3.05, 3.63) is 12.2 Å². The Bertz CT molecular complexity index is 573. The number of carbonyl (C=O) groups excluding carboxylic acids is 1. The molecule has 0 radical (unpaired) electrons. The van der Waals surface area contributed by atoms with Crippen molar-refractivity contribution < 1.29 is 9.53 Å². The fourth-order valence-electron chi connectivity index (χ4n) is 2.87. The number of amides is 1. The number of aromatic nitrogens is 3. The number of carbonyl (C=O) groups is 1. The van der Waals surface area contributed by atoms with E-state index in [2.05, 4.69) is 32.7 Å². The predicted molar refractivity (Wildman–Crippen MR) is 100 cm³/mol. The summed E-state index contributed by atoms with van der Waals surface area (Å²) >= 11 is 0. The molecule has 2 N–H and O–H groups in total. The van der Waals surface area contributed by atoms with Gasteiger partial charge < -0.3 is 24.8 Å². The maximum atomic E-state index is 11.6. The average Bonchev–Trinajstić information content (AvgIpc) is 3.27. The molecule has 1 aliphatic rings. The van der Waals surface area contributed by atoms with Crippen LogP contribution < -0.4 is 10.6 Å². The summed E-state index contributed by atoms with van der Waals surface area (Å²) in [6, 6.07) is 0. The van der Waals surface area contributed by atoms with Gasteiger partial charge in [-0.15, -0.1) is 10.2 Å². The zero-order valence-electron chi connectivity index (χ0n) is 15.9. The van der Waals surface area contributed by atoms with Gasteiger partial charge in [0, 0.05) is 59.2 Å². The Balaban J connectivity index is 1.75. The van der Waals surface area contributed by atoms with Gasteiger partial charge in [0.05, 0.1) is 6.61 Å². The van der Waals surface area contributed by atoms with Gasteiger partial charge in [-0.3, -0.25) is 9.79 Å². The smallest absolute Gasteiger partial charge is 0.222 e. The molecule has 9 nitrogen and oxygen atoms in total. The van der Waals surface area contributed by atoms with Crippen molar-refractivity contribution >= 4 is 11.9 Å². The van der Waals surface area contributed by atoms with Crippen LogP contribution in [0.5, 0.6) is 0 Å².